The summed E-state index contributed by atoms with van der Waals surface area (Å²) < 4.78 is 7.77. The number of ether oxygens (including phenoxy) is 1. The molecule has 2 fully saturated rings. The lowest BCUT2D eigenvalue weighted by Crippen LogP contribution is -2.44. The quantitative estimate of drug-likeness (QED) is 0.860. The Kier molecular flexibility index (Phi) is 4.34. The highest BCUT2D eigenvalue weighted by Crippen LogP contribution is 2.36. The predicted molar refractivity (Wildman–Crippen MR) is 95.2 cm³/mol. The molecule has 5 nitrogen and oxygen atoms in total. The molecule has 5 heteroatoms. The molecule has 132 valence electrons. The lowest BCUT2D eigenvalue weighted by molar-refractivity contribution is -0.141. The maximum atomic E-state index is 12.7. The standard InChI is InChI=1S/C20H25N3O2/c1-14-19(15(2)23(21-14)12-16-6-4-3-5-7-16)18-13-25-11-10-22(18)20(24)17-8-9-17/h3-7,17-18H,8-13H2,1-2H3. The van der Waals surface area contributed by atoms with Gasteiger partial charge in [-0.2, -0.15) is 5.10 Å². The minimum atomic E-state index is -0.00799. The van der Waals surface area contributed by atoms with Crippen LogP contribution in [0.4, 0.5) is 0 Å². The monoisotopic (exact) mass is 339 g/mol. The van der Waals surface area contributed by atoms with Crippen LogP contribution in [0.2, 0.25) is 0 Å². The number of aryl methyl sites for hydroxylation is 1. The SMILES string of the molecule is Cc1nn(Cc2ccccc2)c(C)c1C1COCCN1C(=O)C1CC1. The molecule has 1 aromatic heterocycles. The van der Waals surface area contributed by atoms with Gasteiger partial charge in [-0.15, -0.1) is 0 Å². The second-order valence-corrected chi connectivity index (χ2v) is 7.12. The van der Waals surface area contributed by atoms with Crippen molar-refractivity contribution in [3.05, 3.63) is 52.8 Å². The first-order chi connectivity index (χ1) is 12.1. The molecule has 1 aliphatic carbocycles. The van der Waals surface area contributed by atoms with Gasteiger partial charge in [0.2, 0.25) is 5.91 Å². The van der Waals surface area contributed by atoms with Crippen molar-refractivity contribution in [3.8, 4) is 0 Å². The summed E-state index contributed by atoms with van der Waals surface area (Å²) >= 11 is 0. The average molecular weight is 339 g/mol. The summed E-state index contributed by atoms with van der Waals surface area (Å²) in [5.74, 6) is 0.531. The Balaban J connectivity index is 1.63. The maximum Gasteiger partial charge on any atom is 0.226 e. The normalized spacial score (nSPS) is 20.7. The topological polar surface area (TPSA) is 47.4 Å². The molecule has 0 bridgehead atoms. The van der Waals surface area contributed by atoms with E-state index in [1.165, 1.54) is 5.56 Å². The third-order valence-electron chi connectivity index (χ3n) is 5.28. The highest BCUT2D eigenvalue weighted by Gasteiger charge is 2.39. The largest absolute Gasteiger partial charge is 0.377 e. The Labute approximate surface area is 148 Å². The Morgan fingerprint density at radius 1 is 1.24 bits per heavy atom. The first kappa shape index (κ1) is 16.3. The van der Waals surface area contributed by atoms with E-state index in [0.717, 1.165) is 36.3 Å². The molecule has 1 saturated heterocycles. The molecule has 2 aliphatic rings. The summed E-state index contributed by atoms with van der Waals surface area (Å²) in [4.78, 5) is 14.7. The van der Waals surface area contributed by atoms with Gasteiger partial charge in [0.15, 0.2) is 0 Å². The van der Waals surface area contributed by atoms with Crippen LogP contribution in [0.25, 0.3) is 0 Å². The van der Waals surface area contributed by atoms with Crippen molar-refractivity contribution in [2.45, 2.75) is 39.3 Å². The molecule has 0 spiro atoms. The molecule has 4 rings (SSSR count). The number of hydrogen-bond acceptors (Lipinski definition) is 3. The number of aromatic nitrogens is 2. The van der Waals surface area contributed by atoms with Gasteiger partial charge in [-0.25, -0.2) is 0 Å². The fourth-order valence-electron chi connectivity index (χ4n) is 3.77. The fourth-order valence-corrected chi connectivity index (χ4v) is 3.77. The summed E-state index contributed by atoms with van der Waals surface area (Å²) in [6.45, 7) is 6.77. The molecular formula is C20H25N3O2. The van der Waals surface area contributed by atoms with Gasteiger partial charge in [0.25, 0.3) is 0 Å². The van der Waals surface area contributed by atoms with Crippen LogP contribution in [-0.4, -0.2) is 40.3 Å². The van der Waals surface area contributed by atoms with Crippen LogP contribution in [-0.2, 0) is 16.1 Å². The summed E-state index contributed by atoms with van der Waals surface area (Å²) in [7, 11) is 0. The van der Waals surface area contributed by atoms with Crippen molar-refractivity contribution in [3.63, 3.8) is 0 Å². The van der Waals surface area contributed by atoms with Gasteiger partial charge in [0.05, 0.1) is 31.5 Å². The van der Waals surface area contributed by atoms with Crippen molar-refractivity contribution in [2.24, 2.45) is 5.92 Å². The lowest BCUT2D eigenvalue weighted by atomic mass is 10.0. The highest BCUT2D eigenvalue weighted by molar-refractivity contribution is 5.81. The van der Waals surface area contributed by atoms with E-state index >= 15 is 0 Å². The summed E-state index contributed by atoms with van der Waals surface area (Å²) in [6.07, 6.45) is 2.07. The number of amides is 1. The van der Waals surface area contributed by atoms with Crippen LogP contribution < -0.4 is 0 Å². The molecule has 1 amide bonds. The van der Waals surface area contributed by atoms with Gasteiger partial charge in [-0.05, 0) is 32.3 Å². The third kappa shape index (κ3) is 3.21. The summed E-state index contributed by atoms with van der Waals surface area (Å²) in [5.41, 5.74) is 4.51. The van der Waals surface area contributed by atoms with Crippen LogP contribution >= 0.6 is 0 Å². The van der Waals surface area contributed by atoms with Crippen LogP contribution in [0, 0.1) is 19.8 Å². The van der Waals surface area contributed by atoms with Crippen molar-refractivity contribution >= 4 is 5.91 Å². The first-order valence-corrected chi connectivity index (χ1v) is 9.11. The van der Waals surface area contributed by atoms with E-state index in [1.54, 1.807) is 0 Å². The van der Waals surface area contributed by atoms with E-state index in [4.69, 9.17) is 9.84 Å². The van der Waals surface area contributed by atoms with E-state index in [-0.39, 0.29) is 12.0 Å². The number of carbonyl (C=O) groups is 1. The molecule has 1 aliphatic heterocycles. The van der Waals surface area contributed by atoms with Gasteiger partial charge >= 0.3 is 0 Å². The van der Waals surface area contributed by atoms with Gasteiger partial charge in [0, 0.05) is 23.7 Å². The number of morpholine rings is 1. The number of benzene rings is 1. The molecule has 1 unspecified atom stereocenters. The first-order valence-electron chi connectivity index (χ1n) is 9.11. The second kappa shape index (κ2) is 6.64. The van der Waals surface area contributed by atoms with Crippen molar-refractivity contribution in [1.29, 1.82) is 0 Å². The highest BCUT2D eigenvalue weighted by atomic mass is 16.5. The Morgan fingerprint density at radius 2 is 2.00 bits per heavy atom. The Hall–Kier alpha value is -2.14. The zero-order valence-electron chi connectivity index (χ0n) is 14.9. The maximum absolute atomic E-state index is 12.7. The van der Waals surface area contributed by atoms with Gasteiger partial charge < -0.3 is 9.64 Å². The summed E-state index contributed by atoms with van der Waals surface area (Å²) in [5, 5.41) is 4.76. The van der Waals surface area contributed by atoms with E-state index < -0.39 is 0 Å². The summed E-state index contributed by atoms with van der Waals surface area (Å²) in [6, 6.07) is 10.3. The molecule has 0 N–H and O–H groups in total. The van der Waals surface area contributed by atoms with Gasteiger partial charge in [-0.1, -0.05) is 30.3 Å². The molecule has 2 heterocycles. The van der Waals surface area contributed by atoms with E-state index in [2.05, 4.69) is 19.1 Å². The van der Waals surface area contributed by atoms with Gasteiger partial charge in [-0.3, -0.25) is 9.48 Å². The minimum Gasteiger partial charge on any atom is -0.377 e. The predicted octanol–water partition coefficient (Wildman–Crippen LogP) is 2.86. The van der Waals surface area contributed by atoms with E-state index in [0.29, 0.717) is 25.7 Å². The Bertz CT molecular complexity index is 765. The molecule has 25 heavy (non-hydrogen) atoms. The van der Waals surface area contributed by atoms with Crippen molar-refractivity contribution in [1.82, 2.24) is 14.7 Å². The zero-order valence-corrected chi connectivity index (χ0v) is 14.9. The van der Waals surface area contributed by atoms with Crippen LogP contribution in [0.1, 0.15) is 41.4 Å². The average Bonchev–Trinajstić information content (AvgIpc) is 3.43. The van der Waals surface area contributed by atoms with Crippen molar-refractivity contribution < 1.29 is 9.53 Å². The number of rotatable bonds is 4. The fraction of sp³-hybridized carbons (Fsp3) is 0.500. The number of nitrogens with zero attached hydrogens (tertiary/aromatic N) is 3. The molecule has 0 radical (unpaired) electrons. The molecule has 1 aromatic carbocycles. The molecule has 1 atom stereocenters. The smallest absolute Gasteiger partial charge is 0.226 e. The minimum absolute atomic E-state index is 0.00799. The number of carbonyl (C=O) groups excluding carboxylic acids is 1. The Morgan fingerprint density at radius 3 is 2.72 bits per heavy atom. The van der Waals surface area contributed by atoms with Crippen LogP contribution in [0.5, 0.6) is 0 Å². The van der Waals surface area contributed by atoms with Crippen molar-refractivity contribution in [2.75, 3.05) is 19.8 Å². The van der Waals surface area contributed by atoms with Gasteiger partial charge in [0.1, 0.15) is 0 Å². The lowest BCUT2D eigenvalue weighted by Gasteiger charge is -2.36. The molecule has 2 aromatic rings. The van der Waals surface area contributed by atoms with E-state index in [1.807, 2.05) is 34.7 Å². The van der Waals surface area contributed by atoms with E-state index in [9.17, 15) is 4.79 Å². The van der Waals surface area contributed by atoms with Crippen LogP contribution in [0.15, 0.2) is 30.3 Å². The van der Waals surface area contributed by atoms with Crippen LogP contribution in [0.3, 0.4) is 0 Å². The molecular weight excluding hydrogens is 314 g/mol. The zero-order chi connectivity index (χ0) is 17.4. The molecule has 1 saturated carbocycles. The number of hydrogen-bond donors (Lipinski definition) is 0. The second-order valence-electron chi connectivity index (χ2n) is 7.12. The third-order valence-corrected chi connectivity index (χ3v) is 5.28.